The Morgan fingerprint density at radius 1 is 1.11 bits per heavy atom. The Bertz CT molecular complexity index is 1010. The molecule has 0 bridgehead atoms. The van der Waals surface area contributed by atoms with Crippen molar-refractivity contribution in [3.8, 4) is 11.3 Å². The number of hydrogen-bond acceptors (Lipinski definition) is 3. The summed E-state index contributed by atoms with van der Waals surface area (Å²) in [5, 5.41) is 0.944. The number of nitrogens with zero attached hydrogens (tertiary/aromatic N) is 2. The highest BCUT2D eigenvalue weighted by Crippen LogP contribution is 2.53. The van der Waals surface area contributed by atoms with Crippen LogP contribution < -0.4 is 0 Å². The molecule has 1 unspecified atom stereocenters. The summed E-state index contributed by atoms with van der Waals surface area (Å²) in [5.74, 6) is 0.195. The van der Waals surface area contributed by atoms with E-state index in [0.717, 1.165) is 30.9 Å². The van der Waals surface area contributed by atoms with Crippen LogP contribution in [0.5, 0.6) is 0 Å². The first kappa shape index (κ1) is 19.1. The van der Waals surface area contributed by atoms with Crippen molar-refractivity contribution in [1.29, 1.82) is 0 Å². The molecule has 4 nitrogen and oxygen atoms in total. The molecular formula is C23H26N2O2S. The van der Waals surface area contributed by atoms with Crippen LogP contribution in [0.15, 0.2) is 53.4 Å². The average Bonchev–Trinajstić information content (AvgIpc) is 3.07. The number of thioether (sulfide) groups is 1. The lowest BCUT2D eigenvalue weighted by Gasteiger charge is -2.30. The highest BCUT2D eigenvalue weighted by atomic mass is 32.2. The van der Waals surface area contributed by atoms with E-state index in [1.807, 2.05) is 18.7 Å². The molecule has 1 amide bonds. The molecule has 0 aliphatic carbocycles. The zero-order valence-electron chi connectivity index (χ0n) is 16.6. The summed E-state index contributed by atoms with van der Waals surface area (Å²) in [5.41, 5.74) is 4.68. The number of rotatable bonds is 6. The molecule has 0 N–H and O–H groups in total. The van der Waals surface area contributed by atoms with Gasteiger partial charge in [-0.25, -0.2) is 0 Å². The van der Waals surface area contributed by atoms with Crippen molar-refractivity contribution in [3.05, 3.63) is 54.1 Å². The van der Waals surface area contributed by atoms with Gasteiger partial charge in [-0.15, -0.1) is 11.8 Å². The molecule has 146 valence electrons. The Hall–Kier alpha value is -2.24. The van der Waals surface area contributed by atoms with Crippen LogP contribution in [-0.2, 0) is 16.1 Å². The van der Waals surface area contributed by atoms with Crippen molar-refractivity contribution in [1.82, 2.24) is 9.47 Å². The number of carbonyl (C=O) groups is 1. The van der Waals surface area contributed by atoms with Crippen LogP contribution in [0.2, 0.25) is 0 Å². The monoisotopic (exact) mass is 394 g/mol. The quantitative estimate of drug-likeness (QED) is 0.592. The predicted octanol–water partition coefficient (Wildman–Crippen LogP) is 4.97. The van der Waals surface area contributed by atoms with Crippen LogP contribution in [-0.4, -0.2) is 42.2 Å². The Morgan fingerprint density at radius 2 is 1.82 bits per heavy atom. The first-order valence-electron chi connectivity index (χ1n) is 9.86. The summed E-state index contributed by atoms with van der Waals surface area (Å²) in [6.45, 7) is 6.95. The Kier molecular flexibility index (Phi) is 5.47. The summed E-state index contributed by atoms with van der Waals surface area (Å²) in [6.07, 6.45) is 0. The highest BCUT2D eigenvalue weighted by Gasteiger charge is 2.36. The van der Waals surface area contributed by atoms with Crippen molar-refractivity contribution in [3.63, 3.8) is 0 Å². The van der Waals surface area contributed by atoms with Gasteiger partial charge in [0.05, 0.1) is 12.3 Å². The molecule has 1 aromatic heterocycles. The van der Waals surface area contributed by atoms with Crippen molar-refractivity contribution in [2.45, 2.75) is 30.5 Å². The number of benzene rings is 2. The van der Waals surface area contributed by atoms with E-state index in [2.05, 4.69) is 53.1 Å². The summed E-state index contributed by atoms with van der Waals surface area (Å²) in [4.78, 5) is 16.6. The van der Waals surface area contributed by atoms with E-state index in [-0.39, 0.29) is 11.2 Å². The molecule has 0 spiro atoms. The van der Waals surface area contributed by atoms with Crippen molar-refractivity contribution in [2.75, 3.05) is 26.8 Å². The zero-order valence-corrected chi connectivity index (χ0v) is 17.5. The molecule has 3 aromatic rings. The molecule has 0 saturated heterocycles. The van der Waals surface area contributed by atoms with Gasteiger partial charge >= 0.3 is 0 Å². The van der Waals surface area contributed by atoms with E-state index >= 15 is 0 Å². The normalized spacial score (nSPS) is 15.3. The minimum atomic E-state index is -0.224. The molecule has 2 aromatic carbocycles. The first-order chi connectivity index (χ1) is 13.7. The van der Waals surface area contributed by atoms with Crippen molar-refractivity contribution < 1.29 is 9.53 Å². The van der Waals surface area contributed by atoms with Gasteiger partial charge in [0.15, 0.2) is 0 Å². The maximum absolute atomic E-state index is 13.5. The number of hydrogen-bond donors (Lipinski definition) is 0. The standard InChI is InChI=1S/C23H26N2O2S/c1-4-24(5-2)23(26)22-20-16-10-6-8-12-18(16)25(14-15-27-3)21(20)17-11-7-9-13-19(17)28-22/h6-13,22H,4-5,14-15H2,1-3H3. The zero-order chi connectivity index (χ0) is 19.7. The number of aromatic nitrogens is 1. The smallest absolute Gasteiger partial charge is 0.240 e. The third kappa shape index (κ3) is 3.03. The van der Waals surface area contributed by atoms with Gasteiger partial charge in [0.1, 0.15) is 5.25 Å². The van der Waals surface area contributed by atoms with E-state index < -0.39 is 0 Å². The summed E-state index contributed by atoms with van der Waals surface area (Å²) < 4.78 is 7.72. The number of carbonyl (C=O) groups excluding carboxylic acids is 1. The van der Waals surface area contributed by atoms with Crippen LogP contribution in [0.1, 0.15) is 24.7 Å². The van der Waals surface area contributed by atoms with Crippen LogP contribution >= 0.6 is 11.8 Å². The van der Waals surface area contributed by atoms with Crippen LogP contribution in [0.25, 0.3) is 22.2 Å². The van der Waals surface area contributed by atoms with Gasteiger partial charge in [-0.1, -0.05) is 36.4 Å². The summed E-state index contributed by atoms with van der Waals surface area (Å²) in [7, 11) is 1.73. The van der Waals surface area contributed by atoms with Gasteiger partial charge < -0.3 is 14.2 Å². The molecule has 1 aliphatic rings. The first-order valence-corrected chi connectivity index (χ1v) is 10.7. The molecule has 2 heterocycles. The number of methoxy groups -OCH3 is 1. The minimum Gasteiger partial charge on any atom is -0.383 e. The molecule has 4 rings (SSSR count). The highest BCUT2D eigenvalue weighted by molar-refractivity contribution is 8.00. The fourth-order valence-corrected chi connectivity index (χ4v) is 5.44. The second-order valence-electron chi connectivity index (χ2n) is 6.93. The fraction of sp³-hybridized carbons (Fsp3) is 0.348. The van der Waals surface area contributed by atoms with Gasteiger partial charge in [0, 0.05) is 53.7 Å². The van der Waals surface area contributed by atoms with Crippen molar-refractivity contribution >= 4 is 28.6 Å². The van der Waals surface area contributed by atoms with Gasteiger partial charge in [0.2, 0.25) is 5.91 Å². The van der Waals surface area contributed by atoms with E-state index in [1.54, 1.807) is 18.9 Å². The summed E-state index contributed by atoms with van der Waals surface area (Å²) in [6, 6.07) is 16.9. The second-order valence-corrected chi connectivity index (χ2v) is 8.08. The number of ether oxygens (including phenoxy) is 1. The van der Waals surface area contributed by atoms with Gasteiger partial charge in [0.25, 0.3) is 0 Å². The van der Waals surface area contributed by atoms with Crippen molar-refractivity contribution in [2.24, 2.45) is 0 Å². The van der Waals surface area contributed by atoms with E-state index in [0.29, 0.717) is 6.61 Å². The summed E-state index contributed by atoms with van der Waals surface area (Å²) >= 11 is 1.68. The molecule has 0 radical (unpaired) electrons. The molecular weight excluding hydrogens is 368 g/mol. The lowest BCUT2D eigenvalue weighted by Crippen LogP contribution is -2.34. The SMILES string of the molecule is CCN(CC)C(=O)C1Sc2ccccc2-c2c1c1ccccc1n2CCOC. The maximum Gasteiger partial charge on any atom is 0.240 e. The molecule has 0 fully saturated rings. The number of amides is 1. The van der Waals surface area contributed by atoms with E-state index in [9.17, 15) is 4.79 Å². The lowest BCUT2D eigenvalue weighted by atomic mass is 10.0. The van der Waals surface area contributed by atoms with Gasteiger partial charge in [-0.3, -0.25) is 4.79 Å². The fourth-order valence-electron chi connectivity index (χ4n) is 4.13. The Morgan fingerprint density at radius 3 is 2.57 bits per heavy atom. The molecule has 5 heteroatoms. The molecule has 0 saturated carbocycles. The van der Waals surface area contributed by atoms with Crippen LogP contribution in [0, 0.1) is 0 Å². The molecule has 1 aliphatic heterocycles. The number of fused-ring (bicyclic) bond motifs is 5. The van der Waals surface area contributed by atoms with E-state index in [1.165, 1.54) is 21.4 Å². The topological polar surface area (TPSA) is 34.5 Å². The van der Waals surface area contributed by atoms with Crippen LogP contribution in [0.3, 0.4) is 0 Å². The third-order valence-electron chi connectivity index (χ3n) is 5.48. The Labute approximate surface area is 170 Å². The van der Waals surface area contributed by atoms with Gasteiger partial charge in [-0.05, 0) is 26.0 Å². The second kappa shape index (κ2) is 8.02. The lowest BCUT2D eigenvalue weighted by molar-refractivity contribution is -0.130. The number of likely N-dealkylation sites (N-methyl/N-ethyl adjacent to an activating group) is 1. The minimum absolute atomic E-state index is 0.195. The van der Waals surface area contributed by atoms with Gasteiger partial charge in [-0.2, -0.15) is 0 Å². The molecule has 1 atom stereocenters. The third-order valence-corrected chi connectivity index (χ3v) is 6.76. The molecule has 28 heavy (non-hydrogen) atoms. The Balaban J connectivity index is 1.99. The number of para-hydroxylation sites is 1. The average molecular weight is 395 g/mol. The largest absolute Gasteiger partial charge is 0.383 e. The maximum atomic E-state index is 13.5. The van der Waals surface area contributed by atoms with Crippen LogP contribution in [0.4, 0.5) is 0 Å². The predicted molar refractivity (Wildman–Crippen MR) is 116 cm³/mol. The van der Waals surface area contributed by atoms with E-state index in [4.69, 9.17) is 4.74 Å².